The third-order valence-electron chi connectivity index (χ3n) is 2.73. The molecule has 0 bridgehead atoms. The number of rotatable bonds is 4. The highest BCUT2D eigenvalue weighted by Gasteiger charge is 2.15. The number of carbonyl (C=O) groups excluding carboxylic acids is 1. The maximum atomic E-state index is 11.7. The molecule has 1 fully saturated rings. The first kappa shape index (κ1) is 11.9. The van der Waals surface area contributed by atoms with Crippen LogP contribution in [0.4, 0.5) is 4.79 Å². The largest absolute Gasteiger partial charge is 0.378 e. The summed E-state index contributed by atoms with van der Waals surface area (Å²) in [6.07, 6.45) is 6.37. The maximum absolute atomic E-state index is 11.7. The molecule has 0 saturated carbocycles. The number of nitrogens with zero attached hydrogens (tertiary/aromatic N) is 3. The Morgan fingerprint density at radius 2 is 2.24 bits per heavy atom. The smallest absolute Gasteiger partial charge is 0.317 e. The van der Waals surface area contributed by atoms with E-state index >= 15 is 0 Å². The van der Waals surface area contributed by atoms with E-state index in [2.05, 4.69) is 10.3 Å². The fourth-order valence-corrected chi connectivity index (χ4v) is 1.75. The van der Waals surface area contributed by atoms with Gasteiger partial charge in [-0.05, 0) is 6.42 Å². The lowest BCUT2D eigenvalue weighted by molar-refractivity contribution is 0.0532. The number of imidazole rings is 1. The van der Waals surface area contributed by atoms with Gasteiger partial charge in [-0.3, -0.25) is 0 Å². The van der Waals surface area contributed by atoms with Crippen LogP contribution in [0.1, 0.15) is 6.42 Å². The number of hydrogen-bond donors (Lipinski definition) is 1. The Kier molecular flexibility index (Phi) is 4.37. The van der Waals surface area contributed by atoms with Crippen molar-refractivity contribution in [3.8, 4) is 0 Å². The molecule has 0 aliphatic carbocycles. The van der Waals surface area contributed by atoms with E-state index in [4.69, 9.17) is 4.74 Å². The Hall–Kier alpha value is -1.56. The molecule has 1 aliphatic heterocycles. The molecule has 1 saturated heterocycles. The van der Waals surface area contributed by atoms with Crippen LogP contribution in [0.15, 0.2) is 18.7 Å². The SMILES string of the molecule is O=C(NCCCn1ccnc1)N1CCOCC1. The second kappa shape index (κ2) is 6.24. The minimum Gasteiger partial charge on any atom is -0.378 e. The first-order chi connectivity index (χ1) is 8.36. The Morgan fingerprint density at radius 3 is 2.94 bits per heavy atom. The first-order valence-corrected chi connectivity index (χ1v) is 5.92. The molecule has 2 heterocycles. The van der Waals surface area contributed by atoms with Crippen LogP contribution in [0.5, 0.6) is 0 Å². The van der Waals surface area contributed by atoms with Crippen LogP contribution in [0, 0.1) is 0 Å². The number of carbonyl (C=O) groups is 1. The summed E-state index contributed by atoms with van der Waals surface area (Å²) < 4.78 is 7.19. The molecule has 1 aromatic rings. The molecule has 2 amide bonds. The van der Waals surface area contributed by atoms with Crippen molar-refractivity contribution < 1.29 is 9.53 Å². The predicted octanol–water partition coefficient (Wildman–Crippen LogP) is 0.315. The minimum absolute atomic E-state index is 0.0129. The highest BCUT2D eigenvalue weighted by molar-refractivity contribution is 5.74. The fourth-order valence-electron chi connectivity index (χ4n) is 1.75. The number of hydrogen-bond acceptors (Lipinski definition) is 3. The number of urea groups is 1. The molecule has 0 atom stereocenters. The maximum Gasteiger partial charge on any atom is 0.317 e. The Morgan fingerprint density at radius 1 is 1.41 bits per heavy atom. The zero-order valence-electron chi connectivity index (χ0n) is 9.84. The van der Waals surface area contributed by atoms with Crippen LogP contribution < -0.4 is 5.32 Å². The molecule has 6 nitrogen and oxygen atoms in total. The van der Waals surface area contributed by atoms with E-state index in [1.54, 1.807) is 17.4 Å². The topological polar surface area (TPSA) is 59.4 Å². The van der Waals surface area contributed by atoms with E-state index in [0.29, 0.717) is 32.8 Å². The lowest BCUT2D eigenvalue weighted by Gasteiger charge is -2.26. The number of aryl methyl sites for hydroxylation is 1. The highest BCUT2D eigenvalue weighted by atomic mass is 16.5. The molecule has 1 aromatic heterocycles. The van der Waals surface area contributed by atoms with E-state index in [1.165, 1.54) is 0 Å². The van der Waals surface area contributed by atoms with Crippen molar-refractivity contribution in [2.45, 2.75) is 13.0 Å². The van der Waals surface area contributed by atoms with Crippen LogP contribution in [0.3, 0.4) is 0 Å². The summed E-state index contributed by atoms with van der Waals surface area (Å²) in [6, 6.07) is 0.0129. The van der Waals surface area contributed by atoms with Gasteiger partial charge in [-0.2, -0.15) is 0 Å². The highest BCUT2D eigenvalue weighted by Crippen LogP contribution is 1.97. The molecule has 17 heavy (non-hydrogen) atoms. The number of ether oxygens (including phenoxy) is 1. The van der Waals surface area contributed by atoms with Crippen LogP contribution in [-0.4, -0.2) is 53.3 Å². The average Bonchev–Trinajstić information content (AvgIpc) is 2.88. The van der Waals surface area contributed by atoms with Crippen molar-refractivity contribution in [2.75, 3.05) is 32.8 Å². The van der Waals surface area contributed by atoms with Gasteiger partial charge in [0.2, 0.25) is 0 Å². The Bertz CT molecular complexity index is 333. The monoisotopic (exact) mass is 238 g/mol. The summed E-state index contributed by atoms with van der Waals surface area (Å²) in [7, 11) is 0. The standard InChI is InChI=1S/C11H18N4O2/c16-11(15-6-8-17-9-7-15)13-2-1-4-14-5-3-12-10-14/h3,5,10H,1-2,4,6-9H2,(H,13,16). The van der Waals surface area contributed by atoms with Crippen molar-refractivity contribution in [3.05, 3.63) is 18.7 Å². The number of nitrogens with one attached hydrogen (secondary N) is 1. The van der Waals surface area contributed by atoms with Gasteiger partial charge < -0.3 is 19.5 Å². The molecule has 1 N–H and O–H groups in total. The number of amides is 2. The molecule has 0 aromatic carbocycles. The van der Waals surface area contributed by atoms with Crippen LogP contribution in [0.25, 0.3) is 0 Å². The summed E-state index contributed by atoms with van der Waals surface area (Å²) in [4.78, 5) is 17.5. The molecule has 2 rings (SSSR count). The molecular weight excluding hydrogens is 220 g/mol. The quantitative estimate of drug-likeness (QED) is 0.768. The van der Waals surface area contributed by atoms with Gasteiger partial charge in [0.25, 0.3) is 0 Å². The third kappa shape index (κ3) is 3.74. The van der Waals surface area contributed by atoms with E-state index in [9.17, 15) is 4.79 Å². The van der Waals surface area contributed by atoms with Crippen LogP contribution in [0.2, 0.25) is 0 Å². The first-order valence-electron chi connectivity index (χ1n) is 5.92. The van der Waals surface area contributed by atoms with Gasteiger partial charge in [-0.1, -0.05) is 0 Å². The molecule has 0 spiro atoms. The van der Waals surface area contributed by atoms with Crippen molar-refractivity contribution in [2.24, 2.45) is 0 Å². The van der Waals surface area contributed by atoms with E-state index in [1.807, 2.05) is 10.8 Å². The molecule has 94 valence electrons. The summed E-state index contributed by atoms with van der Waals surface area (Å²) in [5.41, 5.74) is 0. The van der Waals surface area contributed by atoms with Crippen molar-refractivity contribution >= 4 is 6.03 Å². The Balaban J connectivity index is 1.59. The lowest BCUT2D eigenvalue weighted by Crippen LogP contribution is -2.46. The fraction of sp³-hybridized carbons (Fsp3) is 0.636. The zero-order chi connectivity index (χ0) is 11.9. The molecule has 6 heteroatoms. The van der Waals surface area contributed by atoms with Crippen molar-refractivity contribution in [1.29, 1.82) is 0 Å². The normalized spacial score (nSPS) is 15.9. The summed E-state index contributed by atoms with van der Waals surface area (Å²) in [5, 5.41) is 2.91. The second-order valence-electron chi connectivity index (χ2n) is 3.99. The van der Waals surface area contributed by atoms with Gasteiger partial charge >= 0.3 is 6.03 Å². The molecule has 0 unspecified atom stereocenters. The lowest BCUT2D eigenvalue weighted by atomic mass is 10.4. The summed E-state index contributed by atoms with van der Waals surface area (Å²) in [5.74, 6) is 0. The number of aromatic nitrogens is 2. The molecule has 0 radical (unpaired) electrons. The summed E-state index contributed by atoms with van der Waals surface area (Å²) in [6.45, 7) is 4.23. The summed E-state index contributed by atoms with van der Waals surface area (Å²) >= 11 is 0. The van der Waals surface area contributed by atoms with E-state index < -0.39 is 0 Å². The second-order valence-corrected chi connectivity index (χ2v) is 3.99. The Labute approximate surface area is 101 Å². The average molecular weight is 238 g/mol. The van der Waals surface area contributed by atoms with Crippen LogP contribution in [-0.2, 0) is 11.3 Å². The van der Waals surface area contributed by atoms with Gasteiger partial charge in [0, 0.05) is 38.6 Å². The van der Waals surface area contributed by atoms with Gasteiger partial charge in [0.05, 0.1) is 19.5 Å². The van der Waals surface area contributed by atoms with Gasteiger partial charge in [0.15, 0.2) is 0 Å². The zero-order valence-corrected chi connectivity index (χ0v) is 9.84. The predicted molar refractivity (Wildman–Crippen MR) is 62.6 cm³/mol. The van der Waals surface area contributed by atoms with Gasteiger partial charge in [-0.15, -0.1) is 0 Å². The van der Waals surface area contributed by atoms with Crippen molar-refractivity contribution in [1.82, 2.24) is 19.8 Å². The molecular formula is C11H18N4O2. The van der Waals surface area contributed by atoms with E-state index in [0.717, 1.165) is 13.0 Å². The van der Waals surface area contributed by atoms with Crippen LogP contribution >= 0.6 is 0 Å². The van der Waals surface area contributed by atoms with E-state index in [-0.39, 0.29) is 6.03 Å². The minimum atomic E-state index is 0.0129. The van der Waals surface area contributed by atoms with Gasteiger partial charge in [0.1, 0.15) is 0 Å². The molecule has 1 aliphatic rings. The third-order valence-corrected chi connectivity index (χ3v) is 2.73. The van der Waals surface area contributed by atoms with Gasteiger partial charge in [-0.25, -0.2) is 9.78 Å². The number of morpholine rings is 1. The van der Waals surface area contributed by atoms with Crippen molar-refractivity contribution in [3.63, 3.8) is 0 Å².